The Labute approximate surface area is 33.5 Å². The van der Waals surface area contributed by atoms with Gasteiger partial charge in [0.2, 0.25) is 0 Å². The van der Waals surface area contributed by atoms with Crippen LogP contribution in [0.4, 0.5) is 0 Å². The number of rotatable bonds is 0. The lowest BCUT2D eigenvalue weighted by Gasteiger charge is -1.79. The minimum absolute atomic E-state index is 0.463. The molecule has 0 aliphatic rings. The zero-order valence-electron chi connectivity index (χ0n) is 6.73. The van der Waals surface area contributed by atoms with Gasteiger partial charge in [0, 0.05) is 5.48 Å². The van der Waals surface area contributed by atoms with Crippen molar-refractivity contribution in [2.45, 2.75) is 20.7 Å². The molecule has 0 atom stereocenters. The average Bonchev–Trinajstić information content (AvgIpc) is 1.64. The van der Waals surface area contributed by atoms with Crippen molar-refractivity contribution in [1.82, 2.24) is 0 Å². The minimum atomic E-state index is -1.03. The van der Waals surface area contributed by atoms with Crippen LogP contribution in [0.2, 0.25) is 0 Å². The first-order valence-electron chi connectivity index (χ1n) is 3.55. The summed E-state index contributed by atoms with van der Waals surface area (Å²) in [7, 11) is 0. The molecule has 0 heteroatoms. The fourth-order valence-electron chi connectivity index (χ4n) is 0. The molecule has 0 heterocycles. The molecule has 0 N–H and O–H groups in total. The van der Waals surface area contributed by atoms with Gasteiger partial charge in [-0.2, -0.15) is 0 Å². The summed E-state index contributed by atoms with van der Waals surface area (Å²) >= 11 is 0. The first-order chi connectivity index (χ1) is 3.55. The fourth-order valence-corrected chi connectivity index (χ4v) is 0. The third-order valence-electron chi connectivity index (χ3n) is 0. The summed E-state index contributed by atoms with van der Waals surface area (Å²) in [5.74, 6) is -0.463. The Morgan fingerprint density at radius 2 is 2.25 bits per heavy atom. The molecule has 0 aromatic carbocycles. The van der Waals surface area contributed by atoms with Crippen LogP contribution in [-0.4, -0.2) is 0 Å². The van der Waals surface area contributed by atoms with E-state index < -0.39 is 19.7 Å². The molecular weight excluding hydrogens is 48.0 g/mol. The first-order valence-corrected chi connectivity index (χ1v) is 1.24. The molecule has 0 aromatic heterocycles. The summed E-state index contributed by atoms with van der Waals surface area (Å²) in [5.41, 5.74) is 0. The van der Waals surface area contributed by atoms with Crippen LogP contribution in [0, 0.1) is 5.92 Å². The van der Waals surface area contributed by atoms with Crippen LogP contribution in [0.15, 0.2) is 0 Å². The van der Waals surface area contributed by atoms with Crippen molar-refractivity contribution in [3.63, 3.8) is 0 Å². The van der Waals surface area contributed by atoms with Crippen molar-refractivity contribution in [2.24, 2.45) is 5.92 Å². The molecule has 0 aliphatic heterocycles. The molecule has 0 aromatic rings. The Kier molecular flexibility index (Phi) is 0.245. The highest BCUT2D eigenvalue weighted by atomic mass is 13.7. The monoisotopic (exact) mass is 66.1 g/mol. The van der Waals surface area contributed by atoms with Crippen LogP contribution in [0.5, 0.6) is 0 Å². The summed E-state index contributed by atoms with van der Waals surface area (Å²) in [6.45, 7) is -0.500. The number of hydrogen-bond acceptors (Lipinski definition) is 0. The third-order valence-corrected chi connectivity index (χ3v) is 0. The molecule has 0 spiro atoms. The molecule has 4 heavy (non-hydrogen) atoms. The zero-order valence-corrected chi connectivity index (χ0v) is 2.73. The van der Waals surface area contributed by atoms with E-state index >= 15 is 0 Å². The maximum atomic E-state index is 6.74. The van der Waals surface area contributed by atoms with Gasteiger partial charge >= 0.3 is 0 Å². The Bertz CT molecular complexity index is 53.1. The lowest BCUT2D eigenvalue weighted by atomic mass is 10.3. The molecule has 0 unspecified atom stereocenters. The summed E-state index contributed by atoms with van der Waals surface area (Å²) in [4.78, 5) is 0. The Morgan fingerprint density at radius 3 is 2.25 bits per heavy atom. The molecular formula is C4H10. The van der Waals surface area contributed by atoms with Gasteiger partial charge in [-0.3, -0.25) is 0 Å². The normalized spacial score (nSPS) is 25.0. The van der Waals surface area contributed by atoms with Crippen molar-refractivity contribution in [3.05, 3.63) is 0 Å². The maximum absolute atomic E-state index is 6.74. The summed E-state index contributed by atoms with van der Waals surface area (Å²) < 4.78 is 27.0. The van der Waals surface area contributed by atoms with Crippen LogP contribution in [0.1, 0.15) is 26.2 Å². The standard InChI is InChI=1S/C4H10/c1-4(2)3/h4H,1-3H3/i1T2,2T2. The van der Waals surface area contributed by atoms with Crippen molar-refractivity contribution < 1.29 is 5.48 Å². The smallest absolute Gasteiger partial charge is 0.0233 e. The largest absolute Gasteiger partial charge is 0.0630 e. The first kappa shape index (κ1) is 0.735. The van der Waals surface area contributed by atoms with E-state index in [0.717, 1.165) is 0 Å². The van der Waals surface area contributed by atoms with Gasteiger partial charge in [0.05, 0.1) is 0 Å². The van der Waals surface area contributed by atoms with Crippen molar-refractivity contribution >= 4 is 0 Å². The van der Waals surface area contributed by atoms with Gasteiger partial charge in [-0.15, -0.1) is 0 Å². The van der Waals surface area contributed by atoms with E-state index in [9.17, 15) is 0 Å². The molecule has 0 rings (SSSR count). The zero-order chi connectivity index (χ0) is 6.73. The van der Waals surface area contributed by atoms with Crippen molar-refractivity contribution in [1.29, 1.82) is 0 Å². The molecule has 0 amide bonds. The van der Waals surface area contributed by atoms with Gasteiger partial charge in [0.15, 0.2) is 0 Å². The van der Waals surface area contributed by atoms with Crippen LogP contribution < -0.4 is 0 Å². The second-order valence-corrected chi connectivity index (χ2v) is 0.859. The molecule has 0 nitrogen and oxygen atoms in total. The second-order valence-electron chi connectivity index (χ2n) is 0.859. The second kappa shape index (κ2) is 1.33. The summed E-state index contributed by atoms with van der Waals surface area (Å²) in [6.07, 6.45) is 0. The SMILES string of the molecule is [3H]C([3H])C(C)C([3H])[3H]. The highest BCUT2D eigenvalue weighted by molar-refractivity contribution is 4.20. The van der Waals surface area contributed by atoms with E-state index in [4.69, 9.17) is 5.48 Å². The van der Waals surface area contributed by atoms with E-state index in [1.165, 1.54) is 0 Å². The molecule has 0 fully saturated rings. The van der Waals surface area contributed by atoms with E-state index in [-0.39, 0.29) is 0 Å². The highest BCUT2D eigenvalue weighted by Crippen LogP contribution is 1.81. The van der Waals surface area contributed by atoms with Gasteiger partial charge in [0.1, 0.15) is 0 Å². The quantitative estimate of drug-likeness (QED) is 0.403. The molecule has 0 bridgehead atoms. The maximum Gasteiger partial charge on any atom is 0.0233 e. The van der Waals surface area contributed by atoms with Crippen LogP contribution in [0.3, 0.4) is 0 Å². The Morgan fingerprint density at radius 1 is 1.75 bits per heavy atom. The van der Waals surface area contributed by atoms with Crippen LogP contribution in [-0.2, 0) is 0 Å². The lowest BCUT2D eigenvalue weighted by Crippen LogP contribution is -1.66. The van der Waals surface area contributed by atoms with Gasteiger partial charge in [0.25, 0.3) is 0 Å². The highest BCUT2D eigenvalue weighted by Gasteiger charge is 1.68. The number of hydrogen-bond donors (Lipinski definition) is 0. The fraction of sp³-hybridized carbons (Fsp3) is 1.00. The average molecular weight is 66.2 g/mol. The summed E-state index contributed by atoms with van der Waals surface area (Å²) in [5, 5.41) is 0. The minimum Gasteiger partial charge on any atom is -0.0630 e. The molecule has 0 radical (unpaired) electrons. The third kappa shape index (κ3) is 0. The van der Waals surface area contributed by atoms with Gasteiger partial charge in [-0.25, -0.2) is 0 Å². The molecule has 0 saturated heterocycles. The Balaban J connectivity index is 3.46. The van der Waals surface area contributed by atoms with E-state index in [1.54, 1.807) is 6.92 Å². The molecule has 0 saturated carbocycles. The lowest BCUT2D eigenvalue weighted by molar-refractivity contribution is 0.737. The molecule has 0 aliphatic carbocycles. The molecule has 26 valence electrons. The van der Waals surface area contributed by atoms with Crippen LogP contribution in [0.25, 0.3) is 0 Å². The van der Waals surface area contributed by atoms with E-state index in [2.05, 4.69) is 0 Å². The predicted molar refractivity (Wildman–Crippen MR) is 20.5 cm³/mol. The predicted octanol–water partition coefficient (Wildman–Crippen LogP) is 1.66. The van der Waals surface area contributed by atoms with Gasteiger partial charge in [-0.05, 0) is 5.92 Å². The van der Waals surface area contributed by atoms with Crippen LogP contribution >= 0.6 is 0 Å². The van der Waals surface area contributed by atoms with Gasteiger partial charge < -0.3 is 0 Å². The van der Waals surface area contributed by atoms with Gasteiger partial charge in [-0.1, -0.05) is 20.7 Å². The summed E-state index contributed by atoms with van der Waals surface area (Å²) in [6, 6.07) is 0. The Hall–Kier alpha value is 0. The van der Waals surface area contributed by atoms with Crippen molar-refractivity contribution in [3.8, 4) is 0 Å². The topological polar surface area (TPSA) is 0 Å². The van der Waals surface area contributed by atoms with E-state index in [1.807, 2.05) is 0 Å². The van der Waals surface area contributed by atoms with E-state index in [0.29, 0.717) is 0 Å². The van der Waals surface area contributed by atoms with Crippen molar-refractivity contribution in [2.75, 3.05) is 0 Å².